The SMILES string of the molecule is CCN(C(=O)COc1nc2ccccc2o1)/C(=C\C(C)C)CC(C)C. The summed E-state index contributed by atoms with van der Waals surface area (Å²) in [4.78, 5) is 18.7. The minimum absolute atomic E-state index is 0.0858. The van der Waals surface area contributed by atoms with Crippen molar-refractivity contribution < 1.29 is 13.9 Å². The van der Waals surface area contributed by atoms with Crippen LogP contribution in [0.15, 0.2) is 40.5 Å². The molecule has 0 saturated heterocycles. The molecule has 2 aromatic rings. The zero-order valence-electron chi connectivity index (χ0n) is 15.8. The third-order valence-electron chi connectivity index (χ3n) is 3.70. The Bertz CT molecular complexity index is 698. The van der Waals surface area contributed by atoms with Gasteiger partial charge in [0, 0.05) is 12.2 Å². The van der Waals surface area contributed by atoms with Gasteiger partial charge in [0.05, 0.1) is 0 Å². The number of amides is 1. The Balaban J connectivity index is 2.07. The van der Waals surface area contributed by atoms with Gasteiger partial charge in [-0.2, -0.15) is 4.98 Å². The molecule has 0 atom stereocenters. The summed E-state index contributed by atoms with van der Waals surface area (Å²) in [7, 11) is 0. The molecule has 0 fully saturated rings. The van der Waals surface area contributed by atoms with Gasteiger partial charge in [-0.15, -0.1) is 0 Å². The number of aromatic nitrogens is 1. The number of likely N-dealkylation sites (N-methyl/N-ethyl adjacent to an activating group) is 1. The van der Waals surface area contributed by atoms with E-state index >= 15 is 0 Å². The van der Waals surface area contributed by atoms with Crippen LogP contribution in [-0.2, 0) is 4.79 Å². The topological polar surface area (TPSA) is 55.6 Å². The maximum Gasteiger partial charge on any atom is 0.395 e. The molecule has 0 aliphatic rings. The fraction of sp³-hybridized carbons (Fsp3) is 0.500. The molecule has 0 N–H and O–H groups in total. The van der Waals surface area contributed by atoms with Gasteiger partial charge in [-0.3, -0.25) is 4.79 Å². The standard InChI is InChI=1S/C20H28N2O3/c1-6-22(16(11-14(2)3)12-15(4)5)19(23)13-24-20-21-17-9-7-8-10-18(17)25-20/h7-11,14-15H,6,12-13H2,1-5H3/b16-11-. The van der Waals surface area contributed by atoms with Gasteiger partial charge < -0.3 is 14.1 Å². The summed E-state index contributed by atoms with van der Waals surface area (Å²) in [6.07, 6.45) is 3.14. The smallest absolute Gasteiger partial charge is 0.395 e. The summed E-state index contributed by atoms with van der Waals surface area (Å²) in [5, 5.41) is 0. The fourth-order valence-electron chi connectivity index (χ4n) is 2.73. The van der Waals surface area contributed by atoms with Crippen molar-refractivity contribution in [2.75, 3.05) is 13.2 Å². The quantitative estimate of drug-likeness (QED) is 0.700. The molecule has 136 valence electrons. The van der Waals surface area contributed by atoms with Crippen LogP contribution in [0.4, 0.5) is 0 Å². The maximum atomic E-state index is 12.7. The van der Waals surface area contributed by atoms with Crippen molar-refractivity contribution >= 4 is 17.0 Å². The lowest BCUT2D eigenvalue weighted by molar-refractivity contribution is -0.131. The Morgan fingerprint density at radius 2 is 2.00 bits per heavy atom. The van der Waals surface area contributed by atoms with E-state index in [4.69, 9.17) is 9.15 Å². The first-order valence-corrected chi connectivity index (χ1v) is 8.90. The number of rotatable bonds is 8. The number of carbonyl (C=O) groups excluding carboxylic acids is 1. The normalized spacial score (nSPS) is 12.2. The van der Waals surface area contributed by atoms with Crippen LogP contribution in [0.25, 0.3) is 11.1 Å². The van der Waals surface area contributed by atoms with Gasteiger partial charge in [0.25, 0.3) is 5.91 Å². The van der Waals surface area contributed by atoms with Gasteiger partial charge in [-0.05, 0) is 37.3 Å². The molecule has 5 nitrogen and oxygen atoms in total. The zero-order valence-corrected chi connectivity index (χ0v) is 15.8. The largest absolute Gasteiger partial charge is 0.440 e. The van der Waals surface area contributed by atoms with Crippen LogP contribution in [0.2, 0.25) is 0 Å². The fourth-order valence-corrected chi connectivity index (χ4v) is 2.73. The number of carbonyl (C=O) groups is 1. The number of allylic oxidation sites excluding steroid dienone is 2. The van der Waals surface area contributed by atoms with Crippen LogP contribution < -0.4 is 4.74 Å². The Morgan fingerprint density at radius 1 is 1.28 bits per heavy atom. The second kappa shape index (κ2) is 8.70. The molecule has 1 aromatic carbocycles. The van der Waals surface area contributed by atoms with Crippen LogP contribution in [0.1, 0.15) is 41.0 Å². The number of oxazole rings is 1. The van der Waals surface area contributed by atoms with E-state index in [1.807, 2.05) is 31.2 Å². The van der Waals surface area contributed by atoms with Gasteiger partial charge in [-0.1, -0.05) is 45.9 Å². The Hall–Kier alpha value is -2.30. The van der Waals surface area contributed by atoms with Crippen LogP contribution >= 0.6 is 0 Å². The lowest BCUT2D eigenvalue weighted by Crippen LogP contribution is -2.35. The first-order chi connectivity index (χ1) is 11.9. The van der Waals surface area contributed by atoms with Crippen LogP contribution in [0.5, 0.6) is 6.08 Å². The minimum Gasteiger partial charge on any atom is -0.440 e. The van der Waals surface area contributed by atoms with Gasteiger partial charge in [0.15, 0.2) is 12.2 Å². The van der Waals surface area contributed by atoms with E-state index in [1.165, 1.54) is 0 Å². The molecule has 5 heteroatoms. The van der Waals surface area contributed by atoms with E-state index < -0.39 is 0 Å². The molecule has 0 aliphatic heterocycles. The maximum absolute atomic E-state index is 12.7. The van der Waals surface area contributed by atoms with Crippen LogP contribution in [0.3, 0.4) is 0 Å². The number of ether oxygens (including phenoxy) is 1. The number of para-hydroxylation sites is 2. The average molecular weight is 344 g/mol. The molecular formula is C20H28N2O3. The first-order valence-electron chi connectivity index (χ1n) is 8.90. The van der Waals surface area contributed by atoms with Crippen molar-refractivity contribution in [3.63, 3.8) is 0 Å². The molecule has 0 unspecified atom stereocenters. The Morgan fingerprint density at radius 3 is 2.60 bits per heavy atom. The van der Waals surface area contributed by atoms with Crippen molar-refractivity contribution in [3.05, 3.63) is 36.0 Å². The van der Waals surface area contributed by atoms with Crippen LogP contribution in [-0.4, -0.2) is 28.9 Å². The predicted octanol–water partition coefficient (Wildman–Crippen LogP) is 4.64. The van der Waals surface area contributed by atoms with E-state index in [-0.39, 0.29) is 18.6 Å². The van der Waals surface area contributed by atoms with Gasteiger partial charge in [0.2, 0.25) is 0 Å². The monoisotopic (exact) mass is 344 g/mol. The predicted molar refractivity (Wildman–Crippen MR) is 99.3 cm³/mol. The highest BCUT2D eigenvalue weighted by Crippen LogP contribution is 2.21. The Labute approximate surface area is 149 Å². The van der Waals surface area contributed by atoms with E-state index in [2.05, 4.69) is 38.8 Å². The summed E-state index contributed by atoms with van der Waals surface area (Å²) in [5.41, 5.74) is 2.42. The molecule has 1 amide bonds. The van der Waals surface area contributed by atoms with E-state index in [1.54, 1.807) is 4.90 Å². The number of fused-ring (bicyclic) bond motifs is 1. The lowest BCUT2D eigenvalue weighted by atomic mass is 10.0. The lowest BCUT2D eigenvalue weighted by Gasteiger charge is -2.26. The highest BCUT2D eigenvalue weighted by molar-refractivity contribution is 5.79. The number of hydrogen-bond donors (Lipinski definition) is 0. The minimum atomic E-state index is -0.0891. The van der Waals surface area contributed by atoms with Crippen molar-refractivity contribution in [2.45, 2.75) is 41.0 Å². The molecule has 25 heavy (non-hydrogen) atoms. The van der Waals surface area contributed by atoms with Crippen molar-refractivity contribution in [3.8, 4) is 6.08 Å². The van der Waals surface area contributed by atoms with Crippen molar-refractivity contribution in [2.24, 2.45) is 11.8 Å². The van der Waals surface area contributed by atoms with Gasteiger partial charge in [0.1, 0.15) is 5.52 Å². The highest BCUT2D eigenvalue weighted by atomic mass is 16.6. The van der Waals surface area contributed by atoms with Gasteiger partial charge >= 0.3 is 6.08 Å². The average Bonchev–Trinajstić information content (AvgIpc) is 2.95. The first kappa shape index (κ1) is 19.0. The second-order valence-electron chi connectivity index (χ2n) is 6.87. The molecule has 1 heterocycles. The molecule has 2 rings (SSSR count). The summed E-state index contributed by atoms with van der Waals surface area (Å²) < 4.78 is 11.0. The molecular weight excluding hydrogens is 316 g/mol. The van der Waals surface area contributed by atoms with Crippen molar-refractivity contribution in [1.82, 2.24) is 9.88 Å². The highest BCUT2D eigenvalue weighted by Gasteiger charge is 2.19. The molecule has 0 saturated carbocycles. The van der Waals surface area contributed by atoms with Crippen molar-refractivity contribution in [1.29, 1.82) is 0 Å². The molecule has 0 aliphatic carbocycles. The number of hydrogen-bond acceptors (Lipinski definition) is 4. The van der Waals surface area contributed by atoms with Gasteiger partial charge in [-0.25, -0.2) is 0 Å². The summed E-state index contributed by atoms with van der Waals surface area (Å²) in [6.45, 7) is 11.0. The molecule has 0 radical (unpaired) electrons. The second-order valence-corrected chi connectivity index (χ2v) is 6.87. The third kappa shape index (κ3) is 5.34. The number of nitrogens with zero attached hydrogens (tertiary/aromatic N) is 2. The Kier molecular flexibility index (Phi) is 6.62. The molecule has 0 spiro atoms. The van der Waals surface area contributed by atoms with E-state index in [0.29, 0.717) is 24.0 Å². The summed E-state index contributed by atoms with van der Waals surface area (Å²) in [6, 6.07) is 7.42. The third-order valence-corrected chi connectivity index (χ3v) is 3.70. The summed E-state index contributed by atoms with van der Waals surface area (Å²) in [5.74, 6) is 0.774. The van der Waals surface area contributed by atoms with E-state index in [9.17, 15) is 4.79 Å². The van der Waals surface area contributed by atoms with Crippen LogP contribution in [0, 0.1) is 11.8 Å². The van der Waals surface area contributed by atoms with E-state index in [0.717, 1.165) is 17.6 Å². The zero-order chi connectivity index (χ0) is 18.4. The molecule has 1 aromatic heterocycles. The molecule has 0 bridgehead atoms. The number of benzene rings is 1. The summed E-state index contributed by atoms with van der Waals surface area (Å²) >= 11 is 0.